The lowest BCUT2D eigenvalue weighted by molar-refractivity contribution is 0.0620. The lowest BCUT2D eigenvalue weighted by Crippen LogP contribution is -2.49. The number of carbonyl (C=O) groups excluding carboxylic acids is 1. The molecule has 1 fully saturated rings. The van der Waals surface area contributed by atoms with Gasteiger partial charge in [-0.1, -0.05) is 32.0 Å². The van der Waals surface area contributed by atoms with Crippen molar-refractivity contribution in [1.82, 2.24) is 29.0 Å². The smallest absolute Gasteiger partial charge is 0.275 e. The quantitative estimate of drug-likeness (QED) is 0.436. The maximum Gasteiger partial charge on any atom is 0.275 e. The van der Waals surface area contributed by atoms with Crippen molar-refractivity contribution in [2.45, 2.75) is 26.9 Å². The molecule has 5 rings (SSSR count). The Kier molecular flexibility index (Phi) is 6.01. The zero-order valence-corrected chi connectivity index (χ0v) is 20.0. The molecule has 0 aliphatic carbocycles. The van der Waals surface area contributed by atoms with Crippen LogP contribution in [0.5, 0.6) is 0 Å². The Labute approximate surface area is 199 Å². The van der Waals surface area contributed by atoms with Gasteiger partial charge in [-0.15, -0.1) is 11.3 Å². The maximum atomic E-state index is 13.5. The summed E-state index contributed by atoms with van der Waals surface area (Å²) in [6.07, 6.45) is 1.73. The summed E-state index contributed by atoms with van der Waals surface area (Å²) in [4.78, 5) is 47.8. The van der Waals surface area contributed by atoms with Gasteiger partial charge in [0.25, 0.3) is 17.0 Å². The summed E-state index contributed by atoms with van der Waals surface area (Å²) in [5.41, 5.74) is 0.809. The molecule has 1 saturated heterocycles. The topological polar surface area (TPSA) is 92.8 Å². The fraction of sp³-hybridized carbons (Fsp3) is 0.375. The van der Waals surface area contributed by atoms with Gasteiger partial charge in [-0.2, -0.15) is 5.10 Å². The van der Waals surface area contributed by atoms with Crippen molar-refractivity contribution in [3.05, 3.63) is 74.0 Å². The number of benzene rings is 1. The molecule has 4 aromatic rings. The molecule has 0 saturated carbocycles. The first kappa shape index (κ1) is 22.4. The fourth-order valence-electron chi connectivity index (χ4n) is 4.32. The molecule has 1 amide bonds. The van der Waals surface area contributed by atoms with Gasteiger partial charge in [0.1, 0.15) is 0 Å². The molecule has 0 radical (unpaired) electrons. The molecular weight excluding hydrogens is 452 g/mol. The predicted molar refractivity (Wildman–Crippen MR) is 131 cm³/mol. The highest BCUT2D eigenvalue weighted by Crippen LogP contribution is 2.17. The third kappa shape index (κ3) is 4.26. The van der Waals surface area contributed by atoms with E-state index in [1.807, 2.05) is 31.4 Å². The minimum absolute atomic E-state index is 0.0791. The van der Waals surface area contributed by atoms with Crippen molar-refractivity contribution in [2.75, 3.05) is 26.2 Å². The summed E-state index contributed by atoms with van der Waals surface area (Å²) >= 11 is 1.44. The number of nitrogens with zero attached hydrogens (tertiary/aromatic N) is 6. The second-order valence-electron chi connectivity index (χ2n) is 8.98. The van der Waals surface area contributed by atoms with Crippen LogP contribution in [0.2, 0.25) is 0 Å². The number of hydrogen-bond acceptors (Lipinski definition) is 7. The van der Waals surface area contributed by atoms with Gasteiger partial charge >= 0.3 is 0 Å². The van der Waals surface area contributed by atoms with E-state index >= 15 is 0 Å². The Morgan fingerprint density at radius 2 is 1.82 bits per heavy atom. The summed E-state index contributed by atoms with van der Waals surface area (Å²) in [7, 11) is 0. The van der Waals surface area contributed by atoms with Crippen molar-refractivity contribution < 1.29 is 4.79 Å². The van der Waals surface area contributed by atoms with Crippen LogP contribution in [0.4, 0.5) is 0 Å². The van der Waals surface area contributed by atoms with E-state index in [4.69, 9.17) is 0 Å². The predicted octanol–water partition coefficient (Wildman–Crippen LogP) is 2.08. The van der Waals surface area contributed by atoms with Crippen molar-refractivity contribution in [3.8, 4) is 0 Å². The molecule has 1 aliphatic rings. The average Bonchev–Trinajstić information content (AvgIpc) is 3.30. The van der Waals surface area contributed by atoms with Gasteiger partial charge in [-0.3, -0.25) is 23.7 Å². The van der Waals surface area contributed by atoms with E-state index in [0.717, 1.165) is 5.69 Å². The largest absolute Gasteiger partial charge is 0.335 e. The van der Waals surface area contributed by atoms with Crippen LogP contribution in [0, 0.1) is 5.92 Å². The van der Waals surface area contributed by atoms with Gasteiger partial charge < -0.3 is 4.90 Å². The van der Waals surface area contributed by atoms with Crippen LogP contribution in [0.15, 0.2) is 51.5 Å². The van der Waals surface area contributed by atoms with Crippen LogP contribution < -0.4 is 11.1 Å². The second-order valence-corrected chi connectivity index (χ2v) is 9.86. The van der Waals surface area contributed by atoms with Gasteiger partial charge in [0.15, 0.2) is 10.7 Å². The molecule has 9 nitrogen and oxygen atoms in total. The van der Waals surface area contributed by atoms with Crippen molar-refractivity contribution in [1.29, 1.82) is 0 Å². The van der Waals surface area contributed by atoms with Crippen LogP contribution in [-0.4, -0.2) is 61.1 Å². The van der Waals surface area contributed by atoms with Crippen LogP contribution in [0.25, 0.3) is 15.7 Å². The number of piperazine rings is 1. The summed E-state index contributed by atoms with van der Waals surface area (Å²) in [6.45, 7) is 7.47. The van der Waals surface area contributed by atoms with Crippen molar-refractivity contribution >= 4 is 33.0 Å². The number of carbonyl (C=O) groups is 1. The SMILES string of the molecule is CC(C)Cn1nc(C(=O)N2CCN(Cc3cc(=O)n4ccsc4n3)CC2)c2ccccc2c1=O. The van der Waals surface area contributed by atoms with E-state index in [0.29, 0.717) is 60.7 Å². The first-order chi connectivity index (χ1) is 16.4. The van der Waals surface area contributed by atoms with Gasteiger partial charge in [-0.05, 0) is 12.0 Å². The average molecular weight is 479 g/mol. The van der Waals surface area contributed by atoms with Crippen molar-refractivity contribution in [3.63, 3.8) is 0 Å². The summed E-state index contributed by atoms with van der Waals surface area (Å²) in [5, 5.41) is 7.44. The van der Waals surface area contributed by atoms with Gasteiger partial charge in [0, 0.05) is 62.3 Å². The van der Waals surface area contributed by atoms with Crippen LogP contribution in [0.1, 0.15) is 30.0 Å². The van der Waals surface area contributed by atoms with Gasteiger partial charge in [-0.25, -0.2) is 9.67 Å². The highest BCUT2D eigenvalue weighted by atomic mass is 32.1. The number of aromatic nitrogens is 4. The Morgan fingerprint density at radius 3 is 2.56 bits per heavy atom. The molecule has 3 aromatic heterocycles. The molecule has 10 heteroatoms. The maximum absolute atomic E-state index is 13.5. The van der Waals surface area contributed by atoms with Crippen LogP contribution >= 0.6 is 11.3 Å². The molecule has 0 bridgehead atoms. The molecule has 1 aromatic carbocycles. The number of hydrogen-bond donors (Lipinski definition) is 0. The third-order valence-corrected chi connectivity index (χ3v) is 6.77. The van der Waals surface area contributed by atoms with E-state index in [9.17, 15) is 14.4 Å². The molecule has 1 aliphatic heterocycles. The minimum Gasteiger partial charge on any atom is -0.335 e. The zero-order chi connectivity index (χ0) is 23.8. The summed E-state index contributed by atoms with van der Waals surface area (Å²) < 4.78 is 2.96. The molecule has 4 heterocycles. The number of rotatable bonds is 5. The van der Waals surface area contributed by atoms with Gasteiger partial charge in [0.05, 0.1) is 11.1 Å². The van der Waals surface area contributed by atoms with Crippen LogP contribution in [-0.2, 0) is 13.1 Å². The highest BCUT2D eigenvalue weighted by molar-refractivity contribution is 7.15. The van der Waals surface area contributed by atoms with E-state index < -0.39 is 0 Å². The Balaban J connectivity index is 1.34. The second kappa shape index (κ2) is 9.11. The fourth-order valence-corrected chi connectivity index (χ4v) is 5.06. The number of amides is 1. The zero-order valence-electron chi connectivity index (χ0n) is 19.2. The van der Waals surface area contributed by atoms with E-state index in [1.165, 1.54) is 16.0 Å². The monoisotopic (exact) mass is 478 g/mol. The van der Waals surface area contributed by atoms with Crippen molar-refractivity contribution in [2.24, 2.45) is 5.92 Å². The normalized spacial score (nSPS) is 15.0. The molecule has 0 atom stereocenters. The Bertz CT molecular complexity index is 1480. The van der Waals surface area contributed by atoms with E-state index in [1.54, 1.807) is 33.7 Å². The third-order valence-electron chi connectivity index (χ3n) is 6.01. The van der Waals surface area contributed by atoms with E-state index in [2.05, 4.69) is 15.0 Å². The standard InChI is InChI=1S/C24H26N6O3S/c1-16(2)14-30-22(32)19-6-4-3-5-18(19)21(26-30)23(33)28-9-7-27(8-10-28)15-17-13-20(31)29-11-12-34-24(29)25-17/h3-6,11-13,16H,7-10,14-15H2,1-2H3. The lowest BCUT2D eigenvalue weighted by Gasteiger charge is -2.34. The summed E-state index contributed by atoms with van der Waals surface area (Å²) in [5.74, 6) is 0.0673. The molecule has 0 spiro atoms. The Hall–Kier alpha value is -3.37. The molecule has 34 heavy (non-hydrogen) atoms. The lowest BCUT2D eigenvalue weighted by atomic mass is 10.1. The Morgan fingerprint density at radius 1 is 1.09 bits per heavy atom. The minimum atomic E-state index is -0.170. The number of fused-ring (bicyclic) bond motifs is 2. The highest BCUT2D eigenvalue weighted by Gasteiger charge is 2.26. The molecular formula is C24H26N6O3S. The van der Waals surface area contributed by atoms with Gasteiger partial charge in [0.2, 0.25) is 0 Å². The molecule has 0 unspecified atom stereocenters. The first-order valence-electron chi connectivity index (χ1n) is 11.4. The number of thiazole rings is 1. The van der Waals surface area contributed by atoms with Crippen LogP contribution in [0.3, 0.4) is 0 Å². The first-order valence-corrected chi connectivity index (χ1v) is 12.3. The molecule has 176 valence electrons. The molecule has 0 N–H and O–H groups in total. The van der Waals surface area contributed by atoms with E-state index in [-0.39, 0.29) is 22.9 Å². The summed E-state index contributed by atoms with van der Waals surface area (Å²) in [6, 6.07) is 8.75.